The minimum Gasteiger partial charge on any atom is -0.461 e. The smallest absolute Gasteiger partial charge is 0.377 e. The van der Waals surface area contributed by atoms with Crippen LogP contribution in [0.4, 0.5) is 0 Å². The van der Waals surface area contributed by atoms with Crippen LogP contribution in [0.15, 0.2) is 23.8 Å². The van der Waals surface area contributed by atoms with Crippen molar-refractivity contribution in [3.63, 3.8) is 0 Å². The lowest BCUT2D eigenvalue weighted by Crippen LogP contribution is -2.44. The van der Waals surface area contributed by atoms with Crippen molar-refractivity contribution in [3.8, 4) is 0 Å². The zero-order chi connectivity index (χ0) is 23.6. The number of aliphatic hydroxyl groups excluding tert-OH is 2. The van der Waals surface area contributed by atoms with Crippen LogP contribution in [-0.2, 0) is 23.9 Å². The Morgan fingerprint density at radius 2 is 1.97 bits per heavy atom. The van der Waals surface area contributed by atoms with E-state index in [1.165, 1.54) is 0 Å². The van der Waals surface area contributed by atoms with E-state index < -0.39 is 29.4 Å². The molecule has 0 aromatic heterocycles. The predicted octanol–water partition coefficient (Wildman–Crippen LogP) is 2.74. The number of hydrogen-bond acceptors (Lipinski definition) is 7. The highest BCUT2D eigenvalue weighted by Gasteiger charge is 2.44. The molecule has 178 valence electrons. The summed E-state index contributed by atoms with van der Waals surface area (Å²) in [4.78, 5) is 36.1. The van der Waals surface area contributed by atoms with Gasteiger partial charge in [0.25, 0.3) is 5.78 Å². The average Bonchev–Trinajstić information content (AvgIpc) is 2.76. The van der Waals surface area contributed by atoms with E-state index >= 15 is 0 Å². The van der Waals surface area contributed by atoms with Gasteiger partial charge >= 0.3 is 11.9 Å². The predicted molar refractivity (Wildman–Crippen MR) is 117 cm³/mol. The average molecular weight is 449 g/mol. The second kappa shape index (κ2) is 9.87. The van der Waals surface area contributed by atoms with Crippen molar-refractivity contribution >= 4 is 17.7 Å². The topological polar surface area (TPSA) is 110 Å². The molecule has 32 heavy (non-hydrogen) atoms. The van der Waals surface area contributed by atoms with Crippen LogP contribution in [0.3, 0.4) is 0 Å². The van der Waals surface area contributed by atoms with E-state index in [0.29, 0.717) is 25.7 Å². The van der Waals surface area contributed by atoms with E-state index in [2.05, 4.69) is 25.2 Å². The number of rotatable bonds is 7. The van der Waals surface area contributed by atoms with Gasteiger partial charge in [0.1, 0.15) is 18.3 Å². The molecule has 1 aliphatic heterocycles. The molecule has 0 radical (unpaired) electrons. The van der Waals surface area contributed by atoms with Gasteiger partial charge in [-0.2, -0.15) is 0 Å². The number of aliphatic hydroxyl groups is 2. The second-order valence-corrected chi connectivity index (χ2v) is 10.2. The summed E-state index contributed by atoms with van der Waals surface area (Å²) in [6.45, 7) is 7.84. The summed E-state index contributed by atoms with van der Waals surface area (Å²) in [6, 6.07) is 0. The van der Waals surface area contributed by atoms with Crippen LogP contribution in [0.5, 0.6) is 0 Å². The van der Waals surface area contributed by atoms with Crippen molar-refractivity contribution in [2.45, 2.75) is 78.1 Å². The molecule has 7 atom stereocenters. The van der Waals surface area contributed by atoms with Crippen LogP contribution in [-0.4, -0.2) is 52.9 Å². The van der Waals surface area contributed by atoms with E-state index in [1.807, 2.05) is 20.8 Å². The van der Waals surface area contributed by atoms with Gasteiger partial charge in [-0.05, 0) is 56.9 Å². The fourth-order valence-corrected chi connectivity index (χ4v) is 4.97. The first kappa shape index (κ1) is 24.6. The first-order valence-corrected chi connectivity index (χ1v) is 11.7. The lowest BCUT2D eigenvalue weighted by atomic mass is 9.65. The number of ketones is 1. The number of Topliss-reactive ketones (excluding diaryl/α,β-unsaturated/α-hetero) is 1. The monoisotopic (exact) mass is 448 g/mol. The Hall–Kier alpha value is -1.99. The number of allylic oxidation sites excluding steroid dienone is 2. The van der Waals surface area contributed by atoms with Gasteiger partial charge in [0, 0.05) is 24.9 Å². The molecular weight excluding hydrogens is 412 g/mol. The summed E-state index contributed by atoms with van der Waals surface area (Å²) < 4.78 is 11.3. The Balaban J connectivity index is 1.79. The molecule has 7 nitrogen and oxygen atoms in total. The third-order valence-electron chi connectivity index (χ3n) is 7.49. The molecular formula is C25H36O7. The van der Waals surface area contributed by atoms with E-state index in [-0.39, 0.29) is 48.8 Å². The van der Waals surface area contributed by atoms with Crippen molar-refractivity contribution < 1.29 is 34.1 Å². The Kier molecular flexibility index (Phi) is 7.61. The largest absolute Gasteiger partial charge is 0.461 e. The zero-order valence-corrected chi connectivity index (χ0v) is 19.5. The molecule has 0 saturated carbocycles. The number of carbonyl (C=O) groups is 3. The summed E-state index contributed by atoms with van der Waals surface area (Å²) in [5, 5.41) is 19.6. The molecule has 0 bridgehead atoms. The van der Waals surface area contributed by atoms with Crippen LogP contribution in [0.1, 0.15) is 59.8 Å². The van der Waals surface area contributed by atoms with Crippen LogP contribution in [0, 0.1) is 29.1 Å². The van der Waals surface area contributed by atoms with Gasteiger partial charge < -0.3 is 19.7 Å². The molecule has 1 saturated heterocycles. The first-order chi connectivity index (χ1) is 15.1. The Labute approximate surface area is 189 Å². The molecule has 0 aromatic rings. The Morgan fingerprint density at radius 3 is 2.59 bits per heavy atom. The van der Waals surface area contributed by atoms with Gasteiger partial charge in [-0.3, -0.25) is 9.59 Å². The molecule has 2 aliphatic carbocycles. The normalized spacial score (nSPS) is 35.1. The maximum absolute atomic E-state index is 12.9. The Morgan fingerprint density at radius 1 is 1.25 bits per heavy atom. The van der Waals surface area contributed by atoms with Crippen molar-refractivity contribution in [2.75, 3.05) is 6.61 Å². The van der Waals surface area contributed by atoms with E-state index in [1.54, 1.807) is 0 Å². The van der Waals surface area contributed by atoms with Crippen LogP contribution in [0.2, 0.25) is 0 Å². The molecule has 2 N–H and O–H groups in total. The summed E-state index contributed by atoms with van der Waals surface area (Å²) in [6.07, 6.45) is 6.71. The quantitative estimate of drug-likeness (QED) is 0.455. The van der Waals surface area contributed by atoms with Gasteiger partial charge in [0.15, 0.2) is 0 Å². The highest BCUT2D eigenvalue weighted by Crippen LogP contribution is 2.45. The fourth-order valence-electron chi connectivity index (χ4n) is 4.97. The SMILES string of the molecule is CCC(C)(C)C(=O)O[C@H]1C[C@H](CO)C=C2C=C[C@H](C)[C@H](CC[C@@H]3C[C@@H](O)C(=O)C(=O)O3)[C@H]21. The maximum atomic E-state index is 12.9. The fraction of sp³-hybridized carbons (Fsp3) is 0.720. The summed E-state index contributed by atoms with van der Waals surface area (Å²) >= 11 is 0. The number of ether oxygens (including phenoxy) is 2. The highest BCUT2D eigenvalue weighted by molar-refractivity contribution is 6.35. The molecule has 0 amide bonds. The van der Waals surface area contributed by atoms with Crippen LogP contribution in [0.25, 0.3) is 0 Å². The number of cyclic esters (lactones) is 1. The highest BCUT2D eigenvalue weighted by atomic mass is 16.6. The lowest BCUT2D eigenvalue weighted by molar-refractivity contribution is -0.170. The maximum Gasteiger partial charge on any atom is 0.377 e. The standard InChI is InChI=1S/C25H36O7/c1-5-25(3,4)24(30)32-20-11-15(13-26)10-16-7-6-14(2)18(21(16)20)9-8-17-12-19(27)22(28)23(29)31-17/h6-7,10,14-15,17-21,26-27H,5,8-9,11-13H2,1-4H3/t14-,15+,17+,18-,19+,20-,21-/m0/s1. The third kappa shape index (κ3) is 5.15. The van der Waals surface area contributed by atoms with Crippen molar-refractivity contribution in [1.82, 2.24) is 0 Å². The van der Waals surface area contributed by atoms with Gasteiger partial charge in [-0.15, -0.1) is 0 Å². The molecule has 0 spiro atoms. The third-order valence-corrected chi connectivity index (χ3v) is 7.49. The van der Waals surface area contributed by atoms with Crippen LogP contribution < -0.4 is 0 Å². The first-order valence-electron chi connectivity index (χ1n) is 11.7. The van der Waals surface area contributed by atoms with Crippen molar-refractivity contribution in [1.29, 1.82) is 0 Å². The minimum atomic E-state index is -1.30. The number of esters is 2. The number of fused-ring (bicyclic) bond motifs is 1. The van der Waals surface area contributed by atoms with Gasteiger partial charge in [0.05, 0.1) is 5.41 Å². The second-order valence-electron chi connectivity index (χ2n) is 10.2. The van der Waals surface area contributed by atoms with Gasteiger partial charge in [0.2, 0.25) is 0 Å². The molecule has 1 fully saturated rings. The van der Waals surface area contributed by atoms with Gasteiger partial charge in [-0.25, -0.2) is 4.79 Å². The number of hydrogen-bond donors (Lipinski definition) is 2. The summed E-state index contributed by atoms with van der Waals surface area (Å²) in [5.74, 6) is -1.80. The summed E-state index contributed by atoms with van der Waals surface area (Å²) in [7, 11) is 0. The van der Waals surface area contributed by atoms with Crippen molar-refractivity contribution in [2.24, 2.45) is 29.1 Å². The van der Waals surface area contributed by atoms with E-state index in [4.69, 9.17) is 9.47 Å². The Bertz CT molecular complexity index is 796. The molecule has 1 heterocycles. The molecule has 3 aliphatic rings. The molecule has 3 rings (SSSR count). The zero-order valence-electron chi connectivity index (χ0n) is 19.5. The molecule has 0 aromatic carbocycles. The van der Waals surface area contributed by atoms with Crippen molar-refractivity contribution in [3.05, 3.63) is 23.8 Å². The van der Waals surface area contributed by atoms with Crippen LogP contribution >= 0.6 is 0 Å². The summed E-state index contributed by atoms with van der Waals surface area (Å²) in [5.41, 5.74) is 0.488. The molecule has 0 unspecified atom stereocenters. The minimum absolute atomic E-state index is 0.000552. The lowest BCUT2D eigenvalue weighted by Gasteiger charge is -2.44. The van der Waals surface area contributed by atoms with E-state index in [9.17, 15) is 24.6 Å². The number of carbonyl (C=O) groups excluding carboxylic acids is 3. The van der Waals surface area contributed by atoms with E-state index in [0.717, 1.165) is 5.57 Å². The van der Waals surface area contributed by atoms with Gasteiger partial charge in [-0.1, -0.05) is 32.1 Å². The molecule has 7 heteroatoms.